The second-order valence-corrected chi connectivity index (χ2v) is 6.51. The molecule has 122 valence electrons. The number of sulfonamides is 1. The maximum atomic E-state index is 12.4. The minimum Gasteiger partial charge on any atom is -0.495 e. The van der Waals surface area contributed by atoms with Crippen LogP contribution in [0.2, 0.25) is 0 Å². The van der Waals surface area contributed by atoms with Crippen molar-refractivity contribution in [3.63, 3.8) is 0 Å². The fourth-order valence-electron chi connectivity index (χ4n) is 2.04. The molecule has 0 amide bonds. The number of ether oxygens (including phenoxy) is 1. The molecule has 0 aliphatic heterocycles. The van der Waals surface area contributed by atoms with Crippen molar-refractivity contribution in [2.75, 3.05) is 11.8 Å². The predicted octanol–water partition coefficient (Wildman–Crippen LogP) is 2.76. The highest BCUT2D eigenvalue weighted by Gasteiger charge is 2.17. The Bertz CT molecular complexity index is 813. The van der Waals surface area contributed by atoms with Crippen LogP contribution in [0.15, 0.2) is 47.4 Å². The lowest BCUT2D eigenvalue weighted by molar-refractivity contribution is 0.0696. The number of carbonyl (C=O) groups is 1. The number of nitrogens with one attached hydrogen (secondary N) is 1. The van der Waals surface area contributed by atoms with Crippen molar-refractivity contribution in [3.8, 4) is 5.75 Å². The molecule has 0 bridgehead atoms. The normalized spacial score (nSPS) is 11.0. The smallest absolute Gasteiger partial charge is 0.335 e. The molecule has 0 aliphatic carbocycles. The van der Waals surface area contributed by atoms with Crippen molar-refractivity contribution in [1.82, 2.24) is 0 Å². The molecule has 23 heavy (non-hydrogen) atoms. The van der Waals surface area contributed by atoms with E-state index in [2.05, 4.69) is 4.72 Å². The van der Waals surface area contributed by atoms with Gasteiger partial charge in [0.1, 0.15) is 5.75 Å². The first-order valence-corrected chi connectivity index (χ1v) is 8.38. The fraction of sp³-hybridized carbons (Fsp3) is 0.188. The molecule has 0 spiro atoms. The molecule has 0 unspecified atom stereocenters. The predicted molar refractivity (Wildman–Crippen MR) is 86.6 cm³/mol. The van der Waals surface area contributed by atoms with E-state index in [-0.39, 0.29) is 10.5 Å². The third-order valence-electron chi connectivity index (χ3n) is 3.33. The number of rotatable bonds is 6. The third-order valence-corrected chi connectivity index (χ3v) is 4.71. The van der Waals surface area contributed by atoms with Gasteiger partial charge in [-0.05, 0) is 48.4 Å². The number of hydrogen-bond acceptors (Lipinski definition) is 4. The van der Waals surface area contributed by atoms with Gasteiger partial charge in [0.2, 0.25) is 0 Å². The number of benzene rings is 2. The molecule has 2 N–H and O–H groups in total. The Morgan fingerprint density at radius 3 is 2.35 bits per heavy atom. The van der Waals surface area contributed by atoms with Crippen molar-refractivity contribution in [1.29, 1.82) is 0 Å². The van der Waals surface area contributed by atoms with Crippen LogP contribution >= 0.6 is 0 Å². The molecule has 2 aromatic carbocycles. The van der Waals surface area contributed by atoms with E-state index in [1.165, 1.54) is 31.4 Å². The molecule has 0 saturated heterocycles. The first-order valence-electron chi connectivity index (χ1n) is 6.90. The second-order valence-electron chi connectivity index (χ2n) is 4.82. The summed E-state index contributed by atoms with van der Waals surface area (Å²) in [6, 6.07) is 10.3. The number of aryl methyl sites for hydroxylation is 1. The van der Waals surface area contributed by atoms with Crippen LogP contribution in [0.5, 0.6) is 5.75 Å². The van der Waals surface area contributed by atoms with Gasteiger partial charge in [-0.1, -0.05) is 13.0 Å². The topological polar surface area (TPSA) is 92.7 Å². The third kappa shape index (κ3) is 3.81. The fourth-order valence-corrected chi connectivity index (χ4v) is 3.10. The quantitative estimate of drug-likeness (QED) is 0.847. The Kier molecular flexibility index (Phi) is 4.90. The Balaban J connectivity index is 2.36. The van der Waals surface area contributed by atoms with Gasteiger partial charge in [0.05, 0.1) is 23.3 Å². The van der Waals surface area contributed by atoms with Gasteiger partial charge in [0, 0.05) is 0 Å². The van der Waals surface area contributed by atoms with Gasteiger partial charge in [-0.25, -0.2) is 13.2 Å². The van der Waals surface area contributed by atoms with E-state index >= 15 is 0 Å². The van der Waals surface area contributed by atoms with Crippen LogP contribution in [0.1, 0.15) is 22.8 Å². The standard InChI is InChI=1S/C16H17NO5S/c1-3-11-4-9-15(22-2)14(10-11)17-23(20,21)13-7-5-12(6-8-13)16(18)19/h4-10,17H,3H2,1-2H3,(H,18,19). The summed E-state index contributed by atoms with van der Waals surface area (Å²) >= 11 is 0. The largest absolute Gasteiger partial charge is 0.495 e. The van der Waals surface area contributed by atoms with Gasteiger partial charge >= 0.3 is 5.97 Å². The summed E-state index contributed by atoms with van der Waals surface area (Å²) in [5.41, 5.74) is 1.33. The van der Waals surface area contributed by atoms with E-state index in [0.29, 0.717) is 11.4 Å². The van der Waals surface area contributed by atoms with Crippen molar-refractivity contribution in [2.24, 2.45) is 0 Å². The number of anilines is 1. The highest BCUT2D eigenvalue weighted by molar-refractivity contribution is 7.92. The Morgan fingerprint density at radius 1 is 1.17 bits per heavy atom. The average Bonchev–Trinajstić information content (AvgIpc) is 2.54. The van der Waals surface area contributed by atoms with Crippen molar-refractivity contribution in [3.05, 3.63) is 53.6 Å². The summed E-state index contributed by atoms with van der Waals surface area (Å²) in [7, 11) is -2.38. The summed E-state index contributed by atoms with van der Waals surface area (Å²) in [4.78, 5) is 10.8. The molecular weight excluding hydrogens is 318 g/mol. The molecule has 0 atom stereocenters. The van der Waals surface area contributed by atoms with Crippen molar-refractivity contribution in [2.45, 2.75) is 18.2 Å². The van der Waals surface area contributed by atoms with E-state index < -0.39 is 16.0 Å². The minimum atomic E-state index is -3.84. The highest BCUT2D eigenvalue weighted by atomic mass is 32.2. The maximum absolute atomic E-state index is 12.4. The van der Waals surface area contributed by atoms with Gasteiger partial charge in [0.15, 0.2) is 0 Å². The summed E-state index contributed by atoms with van der Waals surface area (Å²) in [5, 5.41) is 8.86. The first-order chi connectivity index (χ1) is 10.9. The minimum absolute atomic E-state index is 0.0218. The van der Waals surface area contributed by atoms with E-state index in [1.807, 2.05) is 13.0 Å². The molecule has 0 saturated carbocycles. The van der Waals surface area contributed by atoms with Crippen LogP contribution in [0.4, 0.5) is 5.69 Å². The lowest BCUT2D eigenvalue weighted by atomic mass is 10.1. The van der Waals surface area contributed by atoms with Crippen LogP contribution in [0, 0.1) is 0 Å². The van der Waals surface area contributed by atoms with Crippen LogP contribution < -0.4 is 9.46 Å². The van der Waals surface area contributed by atoms with Crippen LogP contribution in [0.25, 0.3) is 0 Å². The molecule has 7 heteroatoms. The van der Waals surface area contributed by atoms with E-state index in [4.69, 9.17) is 9.84 Å². The lowest BCUT2D eigenvalue weighted by Gasteiger charge is -2.13. The summed E-state index contributed by atoms with van der Waals surface area (Å²) in [5.74, 6) is -0.702. The molecule has 0 aromatic heterocycles. The van der Waals surface area contributed by atoms with Crippen molar-refractivity contribution < 1.29 is 23.1 Å². The zero-order valence-electron chi connectivity index (χ0n) is 12.7. The number of aromatic carboxylic acids is 1. The van der Waals surface area contributed by atoms with E-state index in [0.717, 1.165) is 12.0 Å². The average molecular weight is 335 g/mol. The molecule has 0 fully saturated rings. The number of carboxylic acid groups (broad SMARTS) is 1. The summed E-state index contributed by atoms with van der Waals surface area (Å²) in [6.07, 6.45) is 0.756. The van der Waals surface area contributed by atoms with Gasteiger partial charge in [-0.2, -0.15) is 0 Å². The number of hydrogen-bond donors (Lipinski definition) is 2. The second kappa shape index (κ2) is 6.70. The molecule has 0 heterocycles. The molecule has 6 nitrogen and oxygen atoms in total. The highest BCUT2D eigenvalue weighted by Crippen LogP contribution is 2.28. The zero-order chi connectivity index (χ0) is 17.0. The SMILES string of the molecule is CCc1ccc(OC)c(NS(=O)(=O)c2ccc(C(=O)O)cc2)c1. The van der Waals surface area contributed by atoms with Crippen molar-refractivity contribution >= 4 is 21.7 Å². The Morgan fingerprint density at radius 2 is 1.83 bits per heavy atom. The van der Waals surface area contributed by atoms with Gasteiger partial charge in [0.25, 0.3) is 10.0 Å². The Labute approximate surface area is 134 Å². The molecule has 0 radical (unpaired) electrons. The lowest BCUT2D eigenvalue weighted by Crippen LogP contribution is -2.14. The number of carboxylic acids is 1. The van der Waals surface area contributed by atoms with Gasteiger partial charge in [-0.3, -0.25) is 4.72 Å². The monoisotopic (exact) mass is 335 g/mol. The molecule has 2 aromatic rings. The molecule has 0 aliphatic rings. The van der Waals surface area contributed by atoms with Crippen LogP contribution in [0.3, 0.4) is 0 Å². The first kappa shape index (κ1) is 16.8. The Hall–Kier alpha value is -2.54. The van der Waals surface area contributed by atoms with Gasteiger partial charge in [-0.15, -0.1) is 0 Å². The number of methoxy groups -OCH3 is 1. The van der Waals surface area contributed by atoms with E-state index in [9.17, 15) is 13.2 Å². The summed E-state index contributed by atoms with van der Waals surface area (Å²) < 4.78 is 32.5. The van der Waals surface area contributed by atoms with E-state index in [1.54, 1.807) is 12.1 Å². The molecule has 2 rings (SSSR count). The molecular formula is C16H17NO5S. The van der Waals surface area contributed by atoms with Crippen LogP contribution in [-0.2, 0) is 16.4 Å². The van der Waals surface area contributed by atoms with Gasteiger partial charge < -0.3 is 9.84 Å². The maximum Gasteiger partial charge on any atom is 0.335 e. The van der Waals surface area contributed by atoms with Crippen LogP contribution in [-0.4, -0.2) is 26.6 Å². The zero-order valence-corrected chi connectivity index (χ0v) is 13.6. The summed E-state index contributed by atoms with van der Waals surface area (Å²) in [6.45, 7) is 1.96.